The number of halogens is 7. The van der Waals surface area contributed by atoms with E-state index in [4.69, 9.17) is 0 Å². The predicted octanol–water partition coefficient (Wildman–Crippen LogP) is 5.68. The number of benzene rings is 1. The molecule has 5 nitrogen and oxygen atoms in total. The van der Waals surface area contributed by atoms with Gasteiger partial charge in [-0.1, -0.05) is 0 Å². The molecule has 2 fully saturated rings. The van der Waals surface area contributed by atoms with E-state index in [1.807, 2.05) is 6.92 Å². The summed E-state index contributed by atoms with van der Waals surface area (Å²) < 4.78 is 93.8. The number of hydrogen-bond donors (Lipinski definition) is 1. The van der Waals surface area contributed by atoms with Crippen LogP contribution in [0.3, 0.4) is 0 Å². The fraction of sp³-hybridized carbons (Fsp3) is 0.591. The number of carbonyl (C=O) groups excluding carboxylic acids is 1. The van der Waals surface area contributed by atoms with Gasteiger partial charge in [-0.15, -0.1) is 0 Å². The molecule has 1 N–H and O–H groups in total. The number of rotatable bonds is 3. The lowest BCUT2D eigenvalue weighted by molar-refractivity contribution is -0.308. The second kappa shape index (κ2) is 8.62. The van der Waals surface area contributed by atoms with Crippen LogP contribution < -0.4 is 0 Å². The number of nitrogens with one attached hydrogen (secondary N) is 1. The monoisotopic (exact) mass is 495 g/mol. The molecule has 2 aliphatic rings. The van der Waals surface area contributed by atoms with Gasteiger partial charge in [-0.3, -0.25) is 4.90 Å². The minimum absolute atomic E-state index is 0.00529. The third-order valence-corrected chi connectivity index (χ3v) is 6.98. The van der Waals surface area contributed by atoms with Gasteiger partial charge in [-0.25, -0.2) is 9.18 Å². The van der Waals surface area contributed by atoms with Gasteiger partial charge in [0.15, 0.2) is 0 Å². The summed E-state index contributed by atoms with van der Waals surface area (Å²) in [6, 6.07) is 4.50. The highest BCUT2D eigenvalue weighted by Gasteiger charge is 2.60. The quantitative estimate of drug-likeness (QED) is 0.558. The highest BCUT2D eigenvalue weighted by atomic mass is 19.4. The van der Waals surface area contributed by atoms with Crippen LogP contribution in [0, 0.1) is 12.7 Å². The van der Waals surface area contributed by atoms with Crippen molar-refractivity contribution in [1.82, 2.24) is 14.8 Å². The first kappa shape index (κ1) is 24.6. The molecule has 0 unspecified atom stereocenters. The Labute approximate surface area is 190 Å². The molecule has 2 aromatic rings. The number of H-pyrrole nitrogens is 1. The van der Waals surface area contributed by atoms with E-state index in [2.05, 4.69) is 14.6 Å². The van der Waals surface area contributed by atoms with Crippen molar-refractivity contribution >= 4 is 17.0 Å². The molecule has 2 saturated heterocycles. The maximum absolute atomic E-state index is 13.6. The number of fused-ring (bicyclic) bond motifs is 1. The normalized spacial score (nSPS) is 19.5. The van der Waals surface area contributed by atoms with Crippen molar-refractivity contribution in [2.45, 2.75) is 63.1 Å². The molecule has 0 radical (unpaired) electrons. The van der Waals surface area contributed by atoms with Crippen LogP contribution in [-0.2, 0) is 11.3 Å². The smallest absolute Gasteiger partial charge is 0.426 e. The molecule has 12 heteroatoms. The lowest BCUT2D eigenvalue weighted by Crippen LogP contribution is -2.54. The van der Waals surface area contributed by atoms with Crippen molar-refractivity contribution in [3.05, 3.63) is 35.3 Å². The summed E-state index contributed by atoms with van der Waals surface area (Å²) in [7, 11) is 0. The lowest BCUT2D eigenvalue weighted by atomic mass is 9.85. The van der Waals surface area contributed by atoms with Gasteiger partial charge < -0.3 is 14.6 Å². The first-order valence-electron chi connectivity index (χ1n) is 10.9. The zero-order chi connectivity index (χ0) is 24.9. The molecule has 188 valence electrons. The molecule has 0 bridgehead atoms. The van der Waals surface area contributed by atoms with Crippen molar-refractivity contribution in [2.24, 2.45) is 0 Å². The third kappa shape index (κ3) is 4.69. The molecule has 0 atom stereocenters. The van der Waals surface area contributed by atoms with Crippen LogP contribution in [0.25, 0.3) is 10.9 Å². The molecule has 34 heavy (non-hydrogen) atoms. The molecule has 1 aromatic heterocycles. The lowest BCUT2D eigenvalue weighted by Gasteiger charge is -2.45. The number of ether oxygens (including phenoxy) is 1. The van der Waals surface area contributed by atoms with Gasteiger partial charge in [0.25, 0.3) is 6.10 Å². The molecular weight excluding hydrogens is 471 g/mol. The number of hydrogen-bond acceptors (Lipinski definition) is 3. The van der Waals surface area contributed by atoms with E-state index in [-0.39, 0.29) is 24.4 Å². The first-order chi connectivity index (χ1) is 15.8. The molecule has 4 rings (SSSR count). The van der Waals surface area contributed by atoms with E-state index in [9.17, 15) is 35.5 Å². The Balaban J connectivity index is 1.43. The van der Waals surface area contributed by atoms with Crippen LogP contribution >= 0.6 is 0 Å². The first-order valence-corrected chi connectivity index (χ1v) is 10.9. The maximum atomic E-state index is 13.6. The molecule has 1 amide bonds. The highest BCUT2D eigenvalue weighted by Crippen LogP contribution is 2.41. The Kier molecular flexibility index (Phi) is 6.24. The number of alkyl halides is 6. The van der Waals surface area contributed by atoms with Gasteiger partial charge in [0.2, 0.25) is 0 Å². The van der Waals surface area contributed by atoms with Crippen molar-refractivity contribution in [3.63, 3.8) is 0 Å². The number of aromatic amines is 1. The SMILES string of the molecule is Cc1c(CN2CCCC23CCN(C(=O)OC(C(F)(F)F)C(F)(F)F)CC3)[nH]c2ccc(F)cc12. The standard InChI is InChI=1S/C22H24F7N3O2/c1-13-15-11-14(23)3-4-16(15)30-17(13)12-32-8-2-5-20(32)6-9-31(10-7-20)19(33)34-18(21(24,25)26)22(27,28)29/h3-4,11,18,30H,2,5-10,12H2,1H3. The molecule has 2 aliphatic heterocycles. The largest absolute Gasteiger partial charge is 0.434 e. The summed E-state index contributed by atoms with van der Waals surface area (Å²) in [6.07, 6.45) is -14.8. The highest BCUT2D eigenvalue weighted by molar-refractivity contribution is 5.84. The fourth-order valence-electron chi connectivity index (χ4n) is 5.11. The Morgan fingerprint density at radius 2 is 1.74 bits per heavy atom. The zero-order valence-electron chi connectivity index (χ0n) is 18.3. The Morgan fingerprint density at radius 1 is 1.09 bits per heavy atom. The summed E-state index contributed by atoms with van der Waals surface area (Å²) in [6.45, 7) is 3.19. The average Bonchev–Trinajstić information content (AvgIpc) is 3.26. The van der Waals surface area contributed by atoms with Crippen LogP contribution in [0.5, 0.6) is 0 Å². The van der Waals surface area contributed by atoms with E-state index in [1.165, 1.54) is 12.1 Å². The van der Waals surface area contributed by atoms with E-state index in [1.54, 1.807) is 6.07 Å². The van der Waals surface area contributed by atoms with Gasteiger partial charge in [-0.05, 0) is 62.9 Å². The Morgan fingerprint density at radius 3 is 2.35 bits per heavy atom. The summed E-state index contributed by atoms with van der Waals surface area (Å²) in [5.41, 5.74) is 2.33. The second-order valence-electron chi connectivity index (χ2n) is 9.00. The van der Waals surface area contributed by atoms with Crippen molar-refractivity contribution in [1.29, 1.82) is 0 Å². The van der Waals surface area contributed by atoms with E-state index in [0.717, 1.165) is 46.4 Å². The van der Waals surface area contributed by atoms with Gasteiger partial charge in [-0.2, -0.15) is 26.3 Å². The van der Waals surface area contributed by atoms with Gasteiger partial charge in [0.05, 0.1) is 0 Å². The van der Waals surface area contributed by atoms with Crippen LogP contribution in [0.15, 0.2) is 18.2 Å². The number of aryl methyl sites for hydroxylation is 1. The predicted molar refractivity (Wildman–Crippen MR) is 109 cm³/mol. The van der Waals surface area contributed by atoms with Gasteiger partial charge in [0.1, 0.15) is 5.82 Å². The molecule has 3 heterocycles. The zero-order valence-corrected chi connectivity index (χ0v) is 18.3. The second-order valence-corrected chi connectivity index (χ2v) is 9.00. The Hall–Kier alpha value is -2.50. The van der Waals surface area contributed by atoms with Crippen molar-refractivity contribution in [3.8, 4) is 0 Å². The summed E-state index contributed by atoms with van der Waals surface area (Å²) in [5, 5.41) is 0.782. The van der Waals surface area contributed by atoms with Crippen LogP contribution in [0.2, 0.25) is 0 Å². The van der Waals surface area contributed by atoms with Crippen LogP contribution in [0.1, 0.15) is 36.9 Å². The number of aromatic nitrogens is 1. The number of piperidine rings is 1. The van der Waals surface area contributed by atoms with Gasteiger partial charge >= 0.3 is 18.4 Å². The number of carbonyl (C=O) groups is 1. The number of nitrogens with zero attached hydrogens (tertiary/aromatic N) is 2. The van der Waals surface area contributed by atoms with E-state index < -0.39 is 24.5 Å². The number of likely N-dealkylation sites (tertiary alicyclic amines) is 2. The summed E-state index contributed by atoms with van der Waals surface area (Å²) in [5.74, 6) is -0.337. The van der Waals surface area contributed by atoms with Crippen molar-refractivity contribution in [2.75, 3.05) is 19.6 Å². The summed E-state index contributed by atoms with van der Waals surface area (Å²) >= 11 is 0. The molecule has 1 spiro atoms. The van der Waals surface area contributed by atoms with Gasteiger partial charge in [0, 0.05) is 41.8 Å². The minimum Gasteiger partial charge on any atom is -0.426 e. The molecule has 0 saturated carbocycles. The molecule has 0 aliphatic carbocycles. The summed E-state index contributed by atoms with van der Waals surface area (Å²) in [4.78, 5) is 18.6. The van der Waals surface area contributed by atoms with Crippen LogP contribution in [0.4, 0.5) is 35.5 Å². The fourth-order valence-corrected chi connectivity index (χ4v) is 5.11. The van der Waals surface area contributed by atoms with Crippen LogP contribution in [-0.4, -0.2) is 64.5 Å². The molecular formula is C22H24F7N3O2. The maximum Gasteiger partial charge on any atom is 0.434 e. The minimum atomic E-state index is -5.74. The Bertz CT molecular complexity index is 1040. The van der Waals surface area contributed by atoms with E-state index in [0.29, 0.717) is 19.4 Å². The molecule has 1 aromatic carbocycles. The topological polar surface area (TPSA) is 48.6 Å². The third-order valence-electron chi connectivity index (χ3n) is 6.98. The van der Waals surface area contributed by atoms with Crippen molar-refractivity contribution < 1.29 is 40.3 Å². The number of amides is 1. The average molecular weight is 495 g/mol. The van der Waals surface area contributed by atoms with E-state index >= 15 is 0 Å².